The molecule has 0 aliphatic heterocycles. The summed E-state index contributed by atoms with van der Waals surface area (Å²) >= 11 is 0. The predicted molar refractivity (Wildman–Crippen MR) is 67.1 cm³/mol. The topological polar surface area (TPSA) is 82.3 Å². The molecule has 0 N–H and O–H groups in total. The second-order valence-corrected chi connectivity index (χ2v) is 3.92. The number of ether oxygens (including phenoxy) is 1. The van der Waals surface area contributed by atoms with Gasteiger partial charge in [-0.1, -0.05) is 0 Å². The van der Waals surface area contributed by atoms with Crippen LogP contribution in [-0.2, 0) is 0 Å². The monoisotopic (exact) mass is 294 g/mol. The van der Waals surface area contributed by atoms with Gasteiger partial charge in [0.2, 0.25) is 11.5 Å². The first-order valence-corrected chi connectivity index (χ1v) is 5.69. The van der Waals surface area contributed by atoms with Gasteiger partial charge >= 0.3 is 5.82 Å². The van der Waals surface area contributed by atoms with Crippen LogP contribution in [0.4, 0.5) is 14.6 Å². The van der Waals surface area contributed by atoms with Crippen LogP contribution >= 0.6 is 0 Å². The van der Waals surface area contributed by atoms with E-state index in [9.17, 15) is 23.7 Å². The van der Waals surface area contributed by atoms with E-state index in [1.807, 2.05) is 0 Å². The summed E-state index contributed by atoms with van der Waals surface area (Å²) in [7, 11) is 0. The van der Waals surface area contributed by atoms with Crippen LogP contribution in [-0.4, -0.2) is 22.3 Å². The van der Waals surface area contributed by atoms with Crippen molar-refractivity contribution in [1.29, 1.82) is 0 Å². The van der Waals surface area contributed by atoms with E-state index in [0.717, 1.165) is 12.1 Å². The summed E-state index contributed by atoms with van der Waals surface area (Å²) in [6, 6.07) is 5.14. The number of halogens is 2. The third-order valence-corrected chi connectivity index (χ3v) is 2.51. The molecule has 21 heavy (non-hydrogen) atoms. The highest BCUT2D eigenvalue weighted by molar-refractivity contribution is 5.97. The molecule has 1 heterocycles. The summed E-state index contributed by atoms with van der Waals surface area (Å²) in [6.45, 7) is -0.630. The normalized spacial score (nSPS) is 10.2. The fourth-order valence-corrected chi connectivity index (χ4v) is 1.57. The summed E-state index contributed by atoms with van der Waals surface area (Å²) in [5.41, 5.74) is -0.358. The third kappa shape index (κ3) is 3.35. The summed E-state index contributed by atoms with van der Waals surface area (Å²) in [6.07, 6.45) is 1.20. The van der Waals surface area contributed by atoms with Crippen molar-refractivity contribution in [3.8, 4) is 5.75 Å². The zero-order valence-corrected chi connectivity index (χ0v) is 10.5. The van der Waals surface area contributed by atoms with Gasteiger partial charge in [0.05, 0.1) is 5.56 Å². The second kappa shape index (κ2) is 6.04. The highest BCUT2D eigenvalue weighted by atomic mass is 19.1. The lowest BCUT2D eigenvalue weighted by atomic mass is 10.1. The van der Waals surface area contributed by atoms with E-state index < -0.39 is 34.8 Å². The molecule has 0 saturated carbocycles. The molecule has 0 fully saturated rings. The molecule has 0 saturated heterocycles. The van der Waals surface area contributed by atoms with E-state index in [0.29, 0.717) is 6.07 Å². The van der Waals surface area contributed by atoms with Gasteiger partial charge in [0.15, 0.2) is 6.61 Å². The van der Waals surface area contributed by atoms with Crippen molar-refractivity contribution in [3.05, 3.63) is 63.8 Å². The number of carbonyl (C=O) groups excluding carboxylic acids is 1. The summed E-state index contributed by atoms with van der Waals surface area (Å²) in [5, 5.41) is 10.7. The number of pyridine rings is 1. The number of rotatable bonds is 5. The highest BCUT2D eigenvalue weighted by Gasteiger charge is 2.18. The van der Waals surface area contributed by atoms with Gasteiger partial charge in [-0.15, -0.1) is 0 Å². The summed E-state index contributed by atoms with van der Waals surface area (Å²) in [5.74, 6) is -3.37. The van der Waals surface area contributed by atoms with Crippen LogP contribution < -0.4 is 4.74 Å². The number of nitrogens with zero attached hydrogens (tertiary/aromatic N) is 2. The molecule has 2 aromatic rings. The van der Waals surface area contributed by atoms with E-state index >= 15 is 0 Å². The number of benzene rings is 1. The molecule has 0 amide bonds. The zero-order chi connectivity index (χ0) is 15.4. The molecule has 8 heteroatoms. The van der Waals surface area contributed by atoms with Crippen LogP contribution in [0.25, 0.3) is 0 Å². The maximum Gasteiger partial charge on any atom is 0.406 e. The minimum atomic E-state index is -1.02. The third-order valence-electron chi connectivity index (χ3n) is 2.51. The van der Waals surface area contributed by atoms with Gasteiger partial charge < -0.3 is 14.9 Å². The Morgan fingerprint density at radius 2 is 2.10 bits per heavy atom. The average Bonchev–Trinajstić information content (AvgIpc) is 2.45. The zero-order valence-electron chi connectivity index (χ0n) is 10.5. The highest BCUT2D eigenvalue weighted by Crippen LogP contribution is 2.23. The molecule has 0 atom stereocenters. The molecule has 0 spiro atoms. The lowest BCUT2D eigenvalue weighted by Crippen LogP contribution is -2.14. The molecule has 1 aromatic carbocycles. The summed E-state index contributed by atoms with van der Waals surface area (Å²) in [4.78, 5) is 25.2. The van der Waals surface area contributed by atoms with Crippen molar-refractivity contribution in [1.82, 2.24) is 4.98 Å². The number of nitro groups is 1. The average molecular weight is 294 g/mol. The molecule has 2 rings (SSSR count). The molecule has 0 unspecified atom stereocenters. The van der Waals surface area contributed by atoms with E-state index in [-0.39, 0.29) is 11.3 Å². The quantitative estimate of drug-likeness (QED) is 0.481. The Morgan fingerprint density at radius 1 is 1.33 bits per heavy atom. The smallest absolute Gasteiger partial charge is 0.406 e. The van der Waals surface area contributed by atoms with Crippen molar-refractivity contribution in [2.45, 2.75) is 0 Å². The van der Waals surface area contributed by atoms with Crippen LogP contribution in [0.1, 0.15) is 10.4 Å². The Hall–Kier alpha value is -2.90. The Balaban J connectivity index is 2.13. The number of ketones is 1. The Labute approximate surface area is 117 Å². The summed E-state index contributed by atoms with van der Waals surface area (Å²) < 4.78 is 31.1. The van der Waals surface area contributed by atoms with Crippen molar-refractivity contribution >= 4 is 11.6 Å². The van der Waals surface area contributed by atoms with Gasteiger partial charge in [-0.25, -0.2) is 8.78 Å². The molecule has 0 radical (unpaired) electrons. The van der Waals surface area contributed by atoms with Crippen LogP contribution in [0.2, 0.25) is 0 Å². The largest absolute Gasteiger partial charge is 0.477 e. The van der Waals surface area contributed by atoms with Gasteiger partial charge in [-0.05, 0) is 34.2 Å². The van der Waals surface area contributed by atoms with Crippen molar-refractivity contribution in [2.75, 3.05) is 6.61 Å². The first kappa shape index (κ1) is 14.5. The molecule has 0 aliphatic carbocycles. The fourth-order valence-electron chi connectivity index (χ4n) is 1.57. The van der Waals surface area contributed by atoms with Crippen molar-refractivity contribution in [2.24, 2.45) is 0 Å². The molecule has 0 bridgehead atoms. The molecule has 108 valence electrons. The van der Waals surface area contributed by atoms with Gasteiger partial charge in [-0.2, -0.15) is 0 Å². The number of aromatic nitrogens is 1. The molecular weight excluding hydrogens is 286 g/mol. The van der Waals surface area contributed by atoms with E-state index in [4.69, 9.17) is 4.74 Å². The lowest BCUT2D eigenvalue weighted by Gasteiger charge is -2.06. The van der Waals surface area contributed by atoms with E-state index in [1.54, 1.807) is 0 Å². The standard InChI is InChI=1S/C13H8F2N2O4/c14-8-3-4-9(10(15)6-8)11(18)7-21-12-2-1-5-16-13(12)17(19)20/h1-6H,7H2. The second-order valence-electron chi connectivity index (χ2n) is 3.92. The number of carbonyl (C=O) groups is 1. The van der Waals surface area contributed by atoms with Gasteiger partial charge in [0, 0.05) is 6.07 Å². The first-order chi connectivity index (χ1) is 9.99. The van der Waals surface area contributed by atoms with E-state index in [2.05, 4.69) is 4.98 Å². The molecule has 0 aliphatic rings. The maximum absolute atomic E-state index is 13.4. The Bertz CT molecular complexity index is 706. The minimum absolute atomic E-state index is 0.210. The van der Waals surface area contributed by atoms with Crippen LogP contribution in [0.15, 0.2) is 36.5 Å². The van der Waals surface area contributed by atoms with Gasteiger partial charge in [0.1, 0.15) is 17.8 Å². The molecule has 1 aromatic heterocycles. The van der Waals surface area contributed by atoms with Gasteiger partial charge in [0.25, 0.3) is 0 Å². The lowest BCUT2D eigenvalue weighted by molar-refractivity contribution is -0.390. The van der Waals surface area contributed by atoms with E-state index in [1.165, 1.54) is 18.3 Å². The van der Waals surface area contributed by atoms with Crippen molar-refractivity contribution < 1.29 is 23.2 Å². The van der Waals surface area contributed by atoms with Crippen LogP contribution in [0, 0.1) is 21.7 Å². The maximum atomic E-state index is 13.4. The van der Waals surface area contributed by atoms with Gasteiger partial charge in [-0.3, -0.25) is 4.79 Å². The Kier molecular flexibility index (Phi) is 4.17. The SMILES string of the molecule is O=C(COc1cccnc1[N+](=O)[O-])c1ccc(F)cc1F. The molecule has 6 nitrogen and oxygen atoms in total. The van der Waals surface area contributed by atoms with Crippen molar-refractivity contribution in [3.63, 3.8) is 0 Å². The number of Topliss-reactive ketones (excluding diaryl/α,β-unsaturated/α-hetero) is 1. The number of hydrogen-bond acceptors (Lipinski definition) is 5. The van der Waals surface area contributed by atoms with Crippen LogP contribution in [0.3, 0.4) is 0 Å². The first-order valence-electron chi connectivity index (χ1n) is 5.69. The number of hydrogen-bond donors (Lipinski definition) is 0. The predicted octanol–water partition coefficient (Wildman–Crippen LogP) is 2.53. The Morgan fingerprint density at radius 3 is 2.76 bits per heavy atom. The fraction of sp³-hybridized carbons (Fsp3) is 0.0769. The van der Waals surface area contributed by atoms with Crippen LogP contribution in [0.5, 0.6) is 5.75 Å². The molecular formula is C13H8F2N2O4. The minimum Gasteiger partial charge on any atom is -0.477 e.